The summed E-state index contributed by atoms with van der Waals surface area (Å²) in [5.41, 5.74) is 5.97. The molecule has 0 fully saturated rings. The third-order valence-electron chi connectivity index (χ3n) is 6.35. The number of carboxylic acids is 1. The Kier molecular flexibility index (Phi) is 17.0. The minimum absolute atomic E-state index is 0.0573. The van der Waals surface area contributed by atoms with Crippen LogP contribution in [-0.2, 0) is 35.2 Å². The predicted octanol–water partition coefficient (Wildman–Crippen LogP) is -5.71. The highest BCUT2D eigenvalue weighted by Gasteiger charge is 2.34. The molecule has 0 aliphatic heterocycles. The summed E-state index contributed by atoms with van der Waals surface area (Å²) in [5.74, 6) is -6.09. The largest absolute Gasteiger partial charge is 0.480 e. The van der Waals surface area contributed by atoms with Crippen LogP contribution in [-0.4, -0.2) is 145 Å². The molecular formula is C25H42N8O11S. The molecule has 0 unspecified atom stereocenters. The third-order valence-corrected chi connectivity index (χ3v) is 7.00. The number of amides is 5. The molecule has 0 spiro atoms. The van der Waals surface area contributed by atoms with Gasteiger partial charge in [0.1, 0.15) is 36.3 Å². The van der Waals surface area contributed by atoms with Crippen molar-refractivity contribution in [2.24, 2.45) is 5.73 Å². The number of carboxylic acid groups (broad SMARTS) is 1. The summed E-state index contributed by atoms with van der Waals surface area (Å²) in [7, 11) is 0. The lowest BCUT2D eigenvalue weighted by Gasteiger charge is -2.27. The number of aliphatic hydroxyl groups is 4. The van der Waals surface area contributed by atoms with Crippen molar-refractivity contribution in [1.29, 1.82) is 0 Å². The Morgan fingerprint density at radius 2 is 1.33 bits per heavy atom. The van der Waals surface area contributed by atoms with Crippen molar-refractivity contribution in [3.8, 4) is 0 Å². The molecule has 0 saturated heterocycles. The lowest BCUT2D eigenvalue weighted by atomic mass is 10.1. The number of aromatic amines is 1. The van der Waals surface area contributed by atoms with Gasteiger partial charge >= 0.3 is 5.97 Å². The van der Waals surface area contributed by atoms with Gasteiger partial charge < -0.3 is 62.8 Å². The highest BCUT2D eigenvalue weighted by atomic mass is 32.2. The third kappa shape index (κ3) is 13.0. The second kappa shape index (κ2) is 19.5. The Bertz CT molecular complexity index is 1140. The van der Waals surface area contributed by atoms with E-state index in [1.54, 1.807) is 6.26 Å². The first-order valence-corrected chi connectivity index (χ1v) is 15.1. The molecule has 1 rings (SSSR count). The maximum atomic E-state index is 13.0. The van der Waals surface area contributed by atoms with E-state index in [0.717, 1.165) is 6.92 Å². The maximum absolute atomic E-state index is 13.0. The number of carbonyl (C=O) groups excluding carboxylic acids is 5. The fraction of sp³-hybridized carbons (Fsp3) is 0.640. The predicted molar refractivity (Wildman–Crippen MR) is 158 cm³/mol. The van der Waals surface area contributed by atoms with Gasteiger partial charge in [-0.1, -0.05) is 0 Å². The van der Waals surface area contributed by atoms with Gasteiger partial charge in [-0.2, -0.15) is 11.8 Å². The van der Waals surface area contributed by atoms with Crippen LogP contribution in [0.25, 0.3) is 0 Å². The molecule has 13 N–H and O–H groups in total. The Balaban J connectivity index is 2.95. The van der Waals surface area contributed by atoms with Crippen LogP contribution in [0.2, 0.25) is 0 Å². The maximum Gasteiger partial charge on any atom is 0.326 e. The number of nitrogens with zero attached hydrogens (tertiary/aromatic N) is 1. The number of aliphatic hydroxyl groups excluding tert-OH is 4. The van der Waals surface area contributed by atoms with Crippen molar-refractivity contribution >= 4 is 47.3 Å². The van der Waals surface area contributed by atoms with Gasteiger partial charge in [-0.15, -0.1) is 0 Å². The molecule has 0 aliphatic carbocycles. The van der Waals surface area contributed by atoms with E-state index in [1.807, 2.05) is 0 Å². The van der Waals surface area contributed by atoms with Crippen molar-refractivity contribution in [3.63, 3.8) is 0 Å². The molecule has 8 atom stereocenters. The highest BCUT2D eigenvalue weighted by Crippen LogP contribution is 2.05. The zero-order valence-electron chi connectivity index (χ0n) is 24.9. The first kappa shape index (κ1) is 39.2. The van der Waals surface area contributed by atoms with E-state index in [0.29, 0.717) is 11.4 Å². The van der Waals surface area contributed by atoms with Gasteiger partial charge in [0, 0.05) is 18.3 Å². The van der Waals surface area contributed by atoms with Gasteiger partial charge in [0.05, 0.1) is 31.7 Å². The zero-order chi connectivity index (χ0) is 34.3. The van der Waals surface area contributed by atoms with Crippen LogP contribution in [0.5, 0.6) is 0 Å². The normalized spacial score (nSPS) is 16.4. The lowest BCUT2D eigenvalue weighted by molar-refractivity contribution is -0.142. The molecule has 1 aromatic rings. The van der Waals surface area contributed by atoms with Crippen molar-refractivity contribution in [2.45, 2.75) is 75.1 Å². The molecule has 45 heavy (non-hydrogen) atoms. The number of hydrogen-bond acceptors (Lipinski definition) is 13. The Morgan fingerprint density at radius 3 is 1.78 bits per heavy atom. The van der Waals surface area contributed by atoms with E-state index >= 15 is 0 Å². The summed E-state index contributed by atoms with van der Waals surface area (Å²) in [6, 6.07) is -9.13. The summed E-state index contributed by atoms with van der Waals surface area (Å²) in [5, 5.41) is 59.6. The van der Waals surface area contributed by atoms with E-state index in [4.69, 9.17) is 5.73 Å². The van der Waals surface area contributed by atoms with E-state index in [2.05, 4.69) is 36.6 Å². The Labute approximate surface area is 262 Å². The number of aliphatic carboxylic acids is 1. The van der Waals surface area contributed by atoms with E-state index in [-0.39, 0.29) is 12.8 Å². The molecule has 0 bridgehead atoms. The lowest BCUT2D eigenvalue weighted by Crippen LogP contribution is -2.62. The van der Waals surface area contributed by atoms with Gasteiger partial charge in [0.2, 0.25) is 29.5 Å². The van der Waals surface area contributed by atoms with Crippen LogP contribution >= 0.6 is 11.8 Å². The average molecular weight is 663 g/mol. The fourth-order valence-corrected chi connectivity index (χ4v) is 4.13. The smallest absolute Gasteiger partial charge is 0.326 e. The first-order valence-electron chi connectivity index (χ1n) is 13.7. The average Bonchev–Trinajstić information content (AvgIpc) is 3.50. The summed E-state index contributed by atoms with van der Waals surface area (Å²) < 4.78 is 0. The zero-order valence-corrected chi connectivity index (χ0v) is 25.7. The number of imidazole rings is 1. The van der Waals surface area contributed by atoms with Gasteiger partial charge in [0.25, 0.3) is 0 Å². The van der Waals surface area contributed by atoms with Gasteiger partial charge in [-0.3, -0.25) is 24.0 Å². The summed E-state index contributed by atoms with van der Waals surface area (Å²) in [4.78, 5) is 81.9. The topological polar surface area (TPSA) is 318 Å². The van der Waals surface area contributed by atoms with Crippen LogP contribution in [0.15, 0.2) is 12.5 Å². The van der Waals surface area contributed by atoms with Crippen LogP contribution in [0.4, 0.5) is 0 Å². The molecule has 0 radical (unpaired) electrons. The molecule has 0 saturated carbocycles. The second-order valence-corrected chi connectivity index (χ2v) is 11.0. The van der Waals surface area contributed by atoms with E-state index in [1.165, 1.54) is 31.2 Å². The van der Waals surface area contributed by atoms with Crippen molar-refractivity contribution in [1.82, 2.24) is 36.6 Å². The minimum Gasteiger partial charge on any atom is -0.480 e. The number of nitrogens with two attached hydrogens (primary N) is 1. The molecule has 20 heteroatoms. The molecule has 1 heterocycles. The Morgan fingerprint density at radius 1 is 0.822 bits per heavy atom. The number of rotatable bonds is 20. The summed E-state index contributed by atoms with van der Waals surface area (Å²) in [6.07, 6.45) is 1.61. The SMILES string of the molecule is CSCC[C@H](NC(=O)[C@H](CO)NC(=O)[C@H](CO)NC(=O)[C@@H](NC(=O)[C@@H](N)[C@@H](C)O)[C@@H](C)O)C(=O)N[C@@H](Cc1cnc[nH]1)C(=O)O. The number of H-pyrrole nitrogens is 1. The van der Waals surface area contributed by atoms with Crippen molar-refractivity contribution in [2.75, 3.05) is 25.2 Å². The quantitative estimate of drug-likeness (QED) is 0.0619. The van der Waals surface area contributed by atoms with Crippen LogP contribution in [0.1, 0.15) is 26.0 Å². The molecule has 1 aromatic heterocycles. The highest BCUT2D eigenvalue weighted by molar-refractivity contribution is 7.98. The van der Waals surface area contributed by atoms with Gasteiger partial charge in [-0.25, -0.2) is 9.78 Å². The van der Waals surface area contributed by atoms with Crippen LogP contribution in [0.3, 0.4) is 0 Å². The fourth-order valence-electron chi connectivity index (χ4n) is 3.66. The number of carbonyl (C=O) groups is 6. The van der Waals surface area contributed by atoms with E-state index < -0.39 is 97.2 Å². The van der Waals surface area contributed by atoms with Crippen molar-refractivity contribution in [3.05, 3.63) is 18.2 Å². The number of aromatic nitrogens is 2. The van der Waals surface area contributed by atoms with Gasteiger partial charge in [0.15, 0.2) is 0 Å². The summed E-state index contributed by atoms with van der Waals surface area (Å²) >= 11 is 1.34. The number of nitrogens with one attached hydrogen (secondary N) is 6. The second-order valence-electron chi connectivity index (χ2n) is 10.0. The minimum atomic E-state index is -1.72. The number of hydrogen-bond donors (Lipinski definition) is 12. The van der Waals surface area contributed by atoms with Crippen LogP contribution < -0.4 is 32.3 Å². The van der Waals surface area contributed by atoms with E-state index in [9.17, 15) is 54.3 Å². The molecule has 5 amide bonds. The first-order chi connectivity index (χ1) is 21.2. The molecule has 254 valence electrons. The molecular weight excluding hydrogens is 620 g/mol. The molecule has 0 aliphatic rings. The van der Waals surface area contributed by atoms with Crippen molar-refractivity contribution < 1.29 is 54.3 Å². The monoisotopic (exact) mass is 662 g/mol. The molecule has 0 aromatic carbocycles. The van der Waals surface area contributed by atoms with Gasteiger partial charge in [-0.05, 0) is 32.3 Å². The van der Waals surface area contributed by atoms with Crippen LogP contribution in [0, 0.1) is 0 Å². The standard InChI is InChI=1S/C25H42N8O11S/c1-11(36)18(26)23(41)33-19(12(2)37)24(42)32-17(9-35)22(40)31-16(8-34)21(39)29-14(4-5-45-3)20(38)30-15(25(43)44)6-13-7-27-10-28-13/h7,10-12,14-19,34-37H,4-6,8-9,26H2,1-3H3,(H,27,28)(H,29,39)(H,30,38)(H,31,40)(H,32,42)(H,33,41)(H,43,44)/t11-,12-,14+,15+,16+,17+,18+,19+/m1/s1. The summed E-state index contributed by atoms with van der Waals surface area (Å²) in [6.45, 7) is 0.408. The Hall–Kier alpha value is -3.82. The molecule has 19 nitrogen and oxygen atoms in total. The number of thioether (sulfide) groups is 1.